The molecule has 0 fully saturated rings. The largest absolute Gasteiger partial charge is 0.362 e. The summed E-state index contributed by atoms with van der Waals surface area (Å²) in [5, 5.41) is 8.24. The van der Waals surface area contributed by atoms with Gasteiger partial charge >= 0.3 is 5.69 Å². The average molecular weight is 293 g/mol. The van der Waals surface area contributed by atoms with Crippen molar-refractivity contribution < 1.29 is 4.79 Å². The Morgan fingerprint density at radius 3 is 3.00 bits per heavy atom. The standard InChI is InChI=1S/C13H13ClN4O2/c1-8-4-5-9(7-10(8)14)12(19)17-6-2-3-11-15-16-13(20)18(11)17/h4-5,7H,2-3,6H2,1H3,(H,16,20). The molecule has 0 radical (unpaired) electrons. The van der Waals surface area contributed by atoms with Crippen LogP contribution in [0.3, 0.4) is 0 Å². The maximum atomic E-state index is 12.5. The fraction of sp³-hybridized carbons (Fsp3) is 0.308. The highest BCUT2D eigenvalue weighted by Gasteiger charge is 2.26. The molecule has 0 saturated heterocycles. The molecule has 2 aromatic rings. The first kappa shape index (κ1) is 12.9. The van der Waals surface area contributed by atoms with E-state index in [9.17, 15) is 9.59 Å². The molecule has 1 aliphatic heterocycles. The van der Waals surface area contributed by atoms with Crippen LogP contribution in [0.25, 0.3) is 0 Å². The third kappa shape index (κ3) is 2.02. The number of rotatable bonds is 1. The van der Waals surface area contributed by atoms with Crippen LogP contribution in [0.15, 0.2) is 23.0 Å². The zero-order valence-corrected chi connectivity index (χ0v) is 11.6. The van der Waals surface area contributed by atoms with E-state index < -0.39 is 5.69 Å². The lowest BCUT2D eigenvalue weighted by molar-refractivity contribution is 0.0951. The van der Waals surface area contributed by atoms with Gasteiger partial charge in [0.15, 0.2) is 5.82 Å². The summed E-state index contributed by atoms with van der Waals surface area (Å²) in [5.74, 6) is 0.323. The summed E-state index contributed by atoms with van der Waals surface area (Å²) in [6.45, 7) is 2.35. The number of carbonyl (C=O) groups excluding carboxylic acids is 1. The average Bonchev–Trinajstić information content (AvgIpc) is 2.83. The van der Waals surface area contributed by atoms with Crippen molar-refractivity contribution in [3.05, 3.63) is 50.7 Å². The van der Waals surface area contributed by atoms with Crippen molar-refractivity contribution >= 4 is 17.5 Å². The Hall–Kier alpha value is -2.08. The number of carbonyl (C=O) groups is 1. The van der Waals surface area contributed by atoms with E-state index in [4.69, 9.17) is 11.6 Å². The van der Waals surface area contributed by atoms with Gasteiger partial charge in [-0.15, -0.1) is 0 Å². The third-order valence-electron chi connectivity index (χ3n) is 3.38. The zero-order valence-electron chi connectivity index (χ0n) is 10.9. The number of hydrogen-bond acceptors (Lipinski definition) is 3. The molecule has 6 nitrogen and oxygen atoms in total. The van der Waals surface area contributed by atoms with Gasteiger partial charge in [0.05, 0.1) is 0 Å². The first-order valence-electron chi connectivity index (χ1n) is 6.32. The van der Waals surface area contributed by atoms with Crippen LogP contribution in [0.4, 0.5) is 0 Å². The third-order valence-corrected chi connectivity index (χ3v) is 3.79. The van der Waals surface area contributed by atoms with Crippen LogP contribution in [0.5, 0.6) is 0 Å². The van der Waals surface area contributed by atoms with Gasteiger partial charge in [-0.1, -0.05) is 17.7 Å². The highest BCUT2D eigenvalue weighted by atomic mass is 35.5. The number of H-pyrrole nitrogens is 1. The molecule has 0 bridgehead atoms. The molecule has 0 aliphatic carbocycles. The van der Waals surface area contributed by atoms with Gasteiger partial charge in [-0.25, -0.2) is 14.9 Å². The van der Waals surface area contributed by atoms with Crippen LogP contribution in [-0.4, -0.2) is 27.3 Å². The van der Waals surface area contributed by atoms with Crippen molar-refractivity contribution in [1.82, 2.24) is 14.9 Å². The number of amides is 1. The maximum absolute atomic E-state index is 12.5. The summed E-state index contributed by atoms with van der Waals surface area (Å²) in [4.78, 5) is 24.3. The van der Waals surface area contributed by atoms with Gasteiger partial charge in [-0.3, -0.25) is 4.79 Å². The minimum absolute atomic E-state index is 0.253. The molecule has 1 amide bonds. The van der Waals surface area contributed by atoms with Crippen LogP contribution < -0.4 is 10.7 Å². The molecule has 1 aliphatic rings. The SMILES string of the molecule is Cc1ccc(C(=O)N2CCCc3n[nH]c(=O)n32)cc1Cl. The first-order chi connectivity index (χ1) is 9.58. The Kier molecular flexibility index (Phi) is 3.10. The molecule has 0 saturated carbocycles. The second-order valence-electron chi connectivity index (χ2n) is 4.75. The quantitative estimate of drug-likeness (QED) is 0.860. The lowest BCUT2D eigenvalue weighted by Gasteiger charge is -2.27. The number of halogens is 1. The molecule has 104 valence electrons. The number of fused-ring (bicyclic) bond motifs is 1. The van der Waals surface area contributed by atoms with Crippen LogP contribution in [0, 0.1) is 6.92 Å². The van der Waals surface area contributed by atoms with Gasteiger partial charge in [0.2, 0.25) is 0 Å². The van der Waals surface area contributed by atoms with Gasteiger partial charge < -0.3 is 0 Å². The van der Waals surface area contributed by atoms with E-state index in [-0.39, 0.29) is 5.91 Å². The molecule has 3 rings (SSSR count). The molecular weight excluding hydrogens is 280 g/mol. The molecule has 1 N–H and O–H groups in total. The summed E-state index contributed by atoms with van der Waals surface area (Å²) in [6, 6.07) is 5.13. The van der Waals surface area contributed by atoms with Crippen LogP contribution in [0.2, 0.25) is 5.02 Å². The van der Waals surface area contributed by atoms with E-state index in [1.807, 2.05) is 6.92 Å². The summed E-state index contributed by atoms with van der Waals surface area (Å²) < 4.78 is 1.31. The van der Waals surface area contributed by atoms with Gasteiger partial charge in [-0.2, -0.15) is 9.77 Å². The molecule has 1 aromatic carbocycles. The Balaban J connectivity index is 2.01. The number of aryl methyl sites for hydroxylation is 2. The van der Waals surface area contributed by atoms with Crippen LogP contribution in [0.1, 0.15) is 28.2 Å². The predicted molar refractivity (Wildman–Crippen MR) is 74.8 cm³/mol. The number of benzene rings is 1. The molecule has 20 heavy (non-hydrogen) atoms. The van der Waals surface area contributed by atoms with E-state index in [0.717, 1.165) is 12.0 Å². The Morgan fingerprint density at radius 1 is 1.45 bits per heavy atom. The lowest BCUT2D eigenvalue weighted by Crippen LogP contribution is -2.49. The molecular formula is C13H13ClN4O2. The van der Waals surface area contributed by atoms with Crippen molar-refractivity contribution in [3.63, 3.8) is 0 Å². The van der Waals surface area contributed by atoms with Crippen molar-refractivity contribution in [3.8, 4) is 0 Å². The maximum Gasteiger partial charge on any atom is 0.362 e. The monoisotopic (exact) mass is 292 g/mol. The first-order valence-corrected chi connectivity index (χ1v) is 6.70. The van der Waals surface area contributed by atoms with Gasteiger partial charge in [-0.05, 0) is 31.0 Å². The number of hydrogen-bond donors (Lipinski definition) is 1. The van der Waals surface area contributed by atoms with Crippen molar-refractivity contribution in [2.75, 3.05) is 11.6 Å². The Labute approximate surface area is 119 Å². The molecule has 2 heterocycles. The second kappa shape index (κ2) is 4.79. The fourth-order valence-corrected chi connectivity index (χ4v) is 2.47. The summed E-state index contributed by atoms with van der Waals surface area (Å²) in [5.41, 5.74) is 0.968. The summed E-state index contributed by atoms with van der Waals surface area (Å²) in [6.07, 6.45) is 1.45. The zero-order chi connectivity index (χ0) is 14.3. The lowest BCUT2D eigenvalue weighted by atomic mass is 10.1. The topological polar surface area (TPSA) is 71.0 Å². The second-order valence-corrected chi connectivity index (χ2v) is 5.16. The highest BCUT2D eigenvalue weighted by Crippen LogP contribution is 2.18. The van der Waals surface area contributed by atoms with Crippen molar-refractivity contribution in [1.29, 1.82) is 0 Å². The molecule has 0 atom stereocenters. The number of aromatic nitrogens is 3. The minimum Gasteiger partial charge on any atom is -0.267 e. The van der Waals surface area contributed by atoms with E-state index in [1.165, 1.54) is 9.69 Å². The molecule has 1 aromatic heterocycles. The minimum atomic E-state index is -0.397. The molecule has 0 spiro atoms. The smallest absolute Gasteiger partial charge is 0.267 e. The van der Waals surface area contributed by atoms with Gasteiger partial charge in [0.1, 0.15) is 0 Å². The highest BCUT2D eigenvalue weighted by molar-refractivity contribution is 6.31. The fourth-order valence-electron chi connectivity index (χ4n) is 2.29. The number of aromatic amines is 1. The summed E-state index contributed by atoms with van der Waals surface area (Å²) in [7, 11) is 0. The number of nitrogens with zero attached hydrogens (tertiary/aromatic N) is 3. The van der Waals surface area contributed by atoms with Gasteiger partial charge in [0, 0.05) is 23.6 Å². The summed E-state index contributed by atoms with van der Waals surface area (Å²) >= 11 is 6.05. The van der Waals surface area contributed by atoms with E-state index in [1.54, 1.807) is 18.2 Å². The normalized spacial score (nSPS) is 14.2. The van der Waals surface area contributed by atoms with E-state index >= 15 is 0 Å². The van der Waals surface area contributed by atoms with E-state index in [0.29, 0.717) is 29.4 Å². The van der Waals surface area contributed by atoms with Crippen molar-refractivity contribution in [2.24, 2.45) is 0 Å². The van der Waals surface area contributed by atoms with Crippen LogP contribution >= 0.6 is 11.6 Å². The Bertz CT molecular complexity index is 734. The predicted octanol–water partition coefficient (Wildman–Crippen LogP) is 1.26. The molecule has 7 heteroatoms. The van der Waals surface area contributed by atoms with Crippen molar-refractivity contribution in [2.45, 2.75) is 19.8 Å². The number of nitrogens with one attached hydrogen (secondary N) is 1. The van der Waals surface area contributed by atoms with Crippen LogP contribution in [-0.2, 0) is 6.42 Å². The molecule has 0 unspecified atom stereocenters. The Morgan fingerprint density at radius 2 is 2.25 bits per heavy atom. The van der Waals surface area contributed by atoms with E-state index in [2.05, 4.69) is 10.2 Å². The van der Waals surface area contributed by atoms with Gasteiger partial charge in [0.25, 0.3) is 5.91 Å².